The van der Waals surface area contributed by atoms with Gasteiger partial charge in [-0.25, -0.2) is 8.42 Å². The minimum Gasteiger partial charge on any atom is -0.480 e. The zero-order valence-electron chi connectivity index (χ0n) is 19.9. The number of anilines is 2. The molecule has 0 atom stereocenters. The van der Waals surface area contributed by atoms with Gasteiger partial charge in [0.1, 0.15) is 12.4 Å². The second-order valence-corrected chi connectivity index (χ2v) is 11.8. The Hall–Kier alpha value is -3.38. The molecule has 0 aliphatic carbocycles. The molecule has 4 rings (SSSR count). The van der Waals surface area contributed by atoms with Gasteiger partial charge in [-0.05, 0) is 68.4 Å². The summed E-state index contributed by atoms with van der Waals surface area (Å²) in [7, 11) is -4.29. The largest absolute Gasteiger partial charge is 0.480 e. The number of carboxylic acids is 1. The Morgan fingerprint density at radius 2 is 1.78 bits per heavy atom. The Morgan fingerprint density at radius 3 is 2.38 bits per heavy atom. The fraction of sp³-hybridized carbons (Fsp3) is 0.208. The predicted molar refractivity (Wildman–Crippen MR) is 144 cm³/mol. The molecule has 4 aromatic rings. The second-order valence-electron chi connectivity index (χ2n) is 9.06. The minimum absolute atomic E-state index is 0.114. The maximum absolute atomic E-state index is 13.4. The summed E-state index contributed by atoms with van der Waals surface area (Å²) >= 11 is 12.0. The van der Waals surface area contributed by atoms with E-state index in [1.54, 1.807) is 41.1 Å². The number of carbonyl (C=O) groups is 1. The summed E-state index contributed by atoms with van der Waals surface area (Å²) in [6.07, 6.45) is 1.77. The molecule has 2 aromatic heterocycles. The van der Waals surface area contributed by atoms with Crippen LogP contribution in [0.4, 0.5) is 11.5 Å². The Balaban J connectivity index is 1.68. The summed E-state index contributed by atoms with van der Waals surface area (Å²) in [5.74, 6) is -0.197. The van der Waals surface area contributed by atoms with Crippen molar-refractivity contribution < 1.29 is 18.3 Å². The lowest BCUT2D eigenvalue weighted by molar-refractivity contribution is -0.135. The standard InChI is InChI=1S/C24H24Cl2N6O4S/c1-24(2,27)14-28-21-5-6-22(30-29-21)31-8-7-15-9-18(3-4-20(15)31)32(13-23(33)34)37(35,36)19-11-16(25)10-17(26)12-19/h3-12H,13-14,27H2,1-2H3,(H,28,29)(H,33,34). The molecule has 2 aromatic carbocycles. The highest BCUT2D eigenvalue weighted by molar-refractivity contribution is 7.92. The molecule has 0 aliphatic heterocycles. The minimum atomic E-state index is -4.29. The van der Waals surface area contributed by atoms with Crippen LogP contribution < -0.4 is 15.4 Å². The number of carboxylic acid groups (broad SMARTS) is 1. The highest BCUT2D eigenvalue weighted by atomic mass is 35.5. The number of hydrogen-bond donors (Lipinski definition) is 3. The normalized spacial score (nSPS) is 12.0. The molecule has 13 heteroatoms. The van der Waals surface area contributed by atoms with E-state index in [2.05, 4.69) is 15.5 Å². The lowest BCUT2D eigenvalue weighted by atomic mass is 10.1. The van der Waals surface area contributed by atoms with Crippen molar-refractivity contribution in [3.8, 4) is 5.82 Å². The number of benzene rings is 2. The van der Waals surface area contributed by atoms with Crippen molar-refractivity contribution in [1.29, 1.82) is 0 Å². The van der Waals surface area contributed by atoms with E-state index in [0.29, 0.717) is 23.6 Å². The van der Waals surface area contributed by atoms with Crippen LogP contribution in [0.1, 0.15) is 13.8 Å². The Morgan fingerprint density at radius 1 is 1.08 bits per heavy atom. The molecule has 0 saturated carbocycles. The van der Waals surface area contributed by atoms with Crippen molar-refractivity contribution in [3.63, 3.8) is 0 Å². The molecular weight excluding hydrogens is 539 g/mol. The van der Waals surface area contributed by atoms with Gasteiger partial charge in [-0.15, -0.1) is 10.2 Å². The van der Waals surface area contributed by atoms with Gasteiger partial charge in [0.15, 0.2) is 5.82 Å². The van der Waals surface area contributed by atoms with E-state index in [0.717, 1.165) is 9.82 Å². The summed E-state index contributed by atoms with van der Waals surface area (Å²) in [4.78, 5) is 11.4. The van der Waals surface area contributed by atoms with Crippen LogP contribution >= 0.6 is 23.2 Å². The van der Waals surface area contributed by atoms with Crippen molar-refractivity contribution in [2.45, 2.75) is 24.3 Å². The van der Waals surface area contributed by atoms with Gasteiger partial charge in [-0.1, -0.05) is 23.2 Å². The summed E-state index contributed by atoms with van der Waals surface area (Å²) in [5, 5.41) is 21.9. The molecule has 0 fully saturated rings. The van der Waals surface area contributed by atoms with E-state index >= 15 is 0 Å². The third kappa shape index (κ3) is 6.13. The predicted octanol–water partition coefficient (Wildman–Crippen LogP) is 4.16. The van der Waals surface area contributed by atoms with E-state index in [-0.39, 0.29) is 20.6 Å². The fourth-order valence-corrected chi connectivity index (χ4v) is 5.73. The maximum Gasteiger partial charge on any atom is 0.324 e. The third-order valence-corrected chi connectivity index (χ3v) is 7.48. The van der Waals surface area contributed by atoms with Crippen molar-refractivity contribution in [2.24, 2.45) is 5.73 Å². The second kappa shape index (κ2) is 10.2. The van der Waals surface area contributed by atoms with Gasteiger partial charge in [0.05, 0.1) is 16.1 Å². The van der Waals surface area contributed by atoms with Gasteiger partial charge >= 0.3 is 5.97 Å². The van der Waals surface area contributed by atoms with Gasteiger partial charge in [0.2, 0.25) is 0 Å². The van der Waals surface area contributed by atoms with E-state index in [1.807, 2.05) is 13.8 Å². The lowest BCUT2D eigenvalue weighted by Crippen LogP contribution is -2.39. The first-order chi connectivity index (χ1) is 17.3. The Kier molecular flexibility index (Phi) is 7.33. The highest BCUT2D eigenvalue weighted by Crippen LogP contribution is 2.31. The average Bonchev–Trinajstić information content (AvgIpc) is 3.23. The van der Waals surface area contributed by atoms with Crippen LogP contribution in [0, 0.1) is 0 Å². The van der Waals surface area contributed by atoms with E-state index in [9.17, 15) is 18.3 Å². The first-order valence-electron chi connectivity index (χ1n) is 11.0. The number of sulfonamides is 1. The molecule has 0 unspecified atom stereocenters. The van der Waals surface area contributed by atoms with Crippen molar-refractivity contribution >= 4 is 61.6 Å². The van der Waals surface area contributed by atoms with Gasteiger partial charge in [0.25, 0.3) is 10.0 Å². The summed E-state index contributed by atoms with van der Waals surface area (Å²) < 4.78 is 29.4. The number of nitrogens with one attached hydrogen (secondary N) is 1. The molecule has 194 valence electrons. The summed E-state index contributed by atoms with van der Waals surface area (Å²) in [6.45, 7) is 3.52. The molecule has 10 nitrogen and oxygen atoms in total. The van der Waals surface area contributed by atoms with E-state index < -0.39 is 28.1 Å². The topological polar surface area (TPSA) is 143 Å². The number of fused-ring (bicyclic) bond motifs is 1. The quantitative estimate of drug-likeness (QED) is 0.276. The summed E-state index contributed by atoms with van der Waals surface area (Å²) in [5.41, 5.74) is 6.47. The van der Waals surface area contributed by atoms with Crippen molar-refractivity contribution in [1.82, 2.24) is 14.8 Å². The van der Waals surface area contributed by atoms with Gasteiger partial charge in [0, 0.05) is 33.7 Å². The van der Waals surface area contributed by atoms with Crippen molar-refractivity contribution in [2.75, 3.05) is 22.7 Å². The SMILES string of the molecule is CC(C)(N)CNc1ccc(-n2ccc3cc(N(CC(=O)O)S(=O)(=O)c4cc(Cl)cc(Cl)c4)ccc32)nn1. The number of aliphatic carboxylic acids is 1. The van der Waals surface area contributed by atoms with Crippen molar-refractivity contribution in [3.05, 3.63) is 70.8 Å². The highest BCUT2D eigenvalue weighted by Gasteiger charge is 2.28. The lowest BCUT2D eigenvalue weighted by Gasteiger charge is -2.23. The van der Waals surface area contributed by atoms with Crippen LogP contribution in [0.2, 0.25) is 10.0 Å². The first kappa shape index (κ1) is 26.7. The molecule has 2 heterocycles. The number of halogens is 2. The third-order valence-electron chi connectivity index (χ3n) is 5.29. The maximum atomic E-state index is 13.4. The Labute approximate surface area is 223 Å². The molecule has 0 radical (unpaired) electrons. The van der Waals surface area contributed by atoms with E-state index in [4.69, 9.17) is 28.9 Å². The van der Waals surface area contributed by atoms with Crippen LogP contribution in [0.15, 0.2) is 65.7 Å². The number of aromatic nitrogens is 3. The van der Waals surface area contributed by atoms with E-state index in [1.165, 1.54) is 24.3 Å². The van der Waals surface area contributed by atoms with Crippen LogP contribution in [0.3, 0.4) is 0 Å². The van der Waals surface area contributed by atoms with Crippen LogP contribution in [0.25, 0.3) is 16.7 Å². The smallest absolute Gasteiger partial charge is 0.324 e. The molecule has 37 heavy (non-hydrogen) atoms. The Bertz CT molecular complexity index is 1550. The fourth-order valence-electron chi connectivity index (χ4n) is 3.59. The molecule has 4 N–H and O–H groups in total. The number of nitrogens with zero attached hydrogens (tertiary/aromatic N) is 4. The molecule has 0 bridgehead atoms. The summed E-state index contributed by atoms with van der Waals surface area (Å²) in [6, 6.07) is 14.0. The number of hydrogen-bond acceptors (Lipinski definition) is 7. The van der Waals surface area contributed by atoms with Gasteiger partial charge in [-0.2, -0.15) is 0 Å². The van der Waals surface area contributed by atoms with Crippen LogP contribution in [-0.4, -0.2) is 52.9 Å². The molecular formula is C24H24Cl2N6O4S. The number of rotatable bonds is 9. The van der Waals surface area contributed by atoms with Gasteiger partial charge < -0.3 is 16.2 Å². The zero-order valence-corrected chi connectivity index (χ0v) is 22.2. The van der Waals surface area contributed by atoms with Crippen LogP contribution in [0.5, 0.6) is 0 Å². The molecule has 0 amide bonds. The van der Waals surface area contributed by atoms with Gasteiger partial charge in [-0.3, -0.25) is 13.7 Å². The average molecular weight is 563 g/mol. The molecule has 0 aliphatic rings. The monoisotopic (exact) mass is 562 g/mol. The number of nitrogens with two attached hydrogens (primary N) is 1. The molecule has 0 saturated heterocycles. The first-order valence-corrected chi connectivity index (χ1v) is 13.2. The molecule has 0 spiro atoms. The van der Waals surface area contributed by atoms with Crippen LogP contribution in [-0.2, 0) is 14.8 Å². The zero-order chi connectivity index (χ0) is 27.0.